The Labute approximate surface area is 197 Å². The van der Waals surface area contributed by atoms with Gasteiger partial charge in [0, 0.05) is 24.8 Å². The number of amides is 2. The lowest BCUT2D eigenvalue weighted by Gasteiger charge is -2.41. The SMILES string of the molecule is O=C(NCc1ccco1)C1CN(C(=O)c2cc(=O)[nH]c(=O)[nH]2)CCN1c1ccc(Cl)c(Cl)c1. The number of halogens is 2. The van der Waals surface area contributed by atoms with Crippen molar-refractivity contribution in [3.63, 3.8) is 0 Å². The largest absolute Gasteiger partial charge is 0.467 e. The van der Waals surface area contributed by atoms with Gasteiger partial charge < -0.3 is 24.5 Å². The van der Waals surface area contributed by atoms with Crippen LogP contribution in [-0.4, -0.2) is 52.4 Å². The molecule has 172 valence electrons. The fraction of sp³-hybridized carbons (Fsp3) is 0.238. The molecule has 33 heavy (non-hydrogen) atoms. The molecule has 12 heteroatoms. The zero-order valence-electron chi connectivity index (χ0n) is 17.1. The number of carbonyl (C=O) groups is 2. The second-order valence-electron chi connectivity index (χ2n) is 7.36. The van der Waals surface area contributed by atoms with E-state index in [1.54, 1.807) is 30.3 Å². The van der Waals surface area contributed by atoms with E-state index in [0.717, 1.165) is 6.07 Å². The summed E-state index contributed by atoms with van der Waals surface area (Å²) in [5, 5.41) is 3.53. The van der Waals surface area contributed by atoms with Gasteiger partial charge in [-0.2, -0.15) is 0 Å². The molecule has 0 aliphatic carbocycles. The molecule has 4 rings (SSSR count). The number of rotatable bonds is 5. The molecule has 3 aromatic rings. The maximum atomic E-state index is 13.1. The molecule has 1 saturated heterocycles. The molecule has 2 aromatic heterocycles. The van der Waals surface area contributed by atoms with Gasteiger partial charge in [-0.25, -0.2) is 4.79 Å². The van der Waals surface area contributed by atoms with Gasteiger partial charge >= 0.3 is 5.69 Å². The van der Waals surface area contributed by atoms with Crippen LogP contribution in [0.1, 0.15) is 16.2 Å². The van der Waals surface area contributed by atoms with E-state index in [0.29, 0.717) is 28.0 Å². The average molecular weight is 492 g/mol. The third-order valence-corrected chi connectivity index (χ3v) is 5.95. The monoisotopic (exact) mass is 491 g/mol. The first-order valence-corrected chi connectivity index (χ1v) is 10.7. The summed E-state index contributed by atoms with van der Waals surface area (Å²) >= 11 is 12.2. The number of H-pyrrole nitrogens is 2. The lowest BCUT2D eigenvalue weighted by Crippen LogP contribution is -2.60. The summed E-state index contributed by atoms with van der Waals surface area (Å²) in [5.74, 6) is -0.320. The average Bonchev–Trinajstić information content (AvgIpc) is 3.31. The Morgan fingerprint density at radius 3 is 2.61 bits per heavy atom. The van der Waals surface area contributed by atoms with Gasteiger partial charge in [0.2, 0.25) is 5.91 Å². The van der Waals surface area contributed by atoms with E-state index in [2.05, 4.69) is 10.3 Å². The number of nitrogens with zero attached hydrogens (tertiary/aromatic N) is 2. The first-order chi connectivity index (χ1) is 15.8. The number of hydrogen-bond donors (Lipinski definition) is 3. The van der Waals surface area contributed by atoms with Gasteiger partial charge in [0.1, 0.15) is 17.5 Å². The van der Waals surface area contributed by atoms with E-state index in [9.17, 15) is 19.2 Å². The zero-order chi connectivity index (χ0) is 23.5. The summed E-state index contributed by atoms with van der Waals surface area (Å²) in [6.07, 6.45) is 1.51. The number of piperazine rings is 1. The molecule has 1 aliphatic heterocycles. The van der Waals surface area contributed by atoms with E-state index in [-0.39, 0.29) is 31.2 Å². The van der Waals surface area contributed by atoms with Crippen molar-refractivity contribution in [3.8, 4) is 0 Å². The molecule has 1 unspecified atom stereocenters. The Balaban J connectivity index is 1.59. The van der Waals surface area contributed by atoms with Crippen molar-refractivity contribution in [1.29, 1.82) is 0 Å². The van der Waals surface area contributed by atoms with E-state index in [4.69, 9.17) is 27.6 Å². The van der Waals surface area contributed by atoms with Gasteiger partial charge in [0.25, 0.3) is 11.5 Å². The number of hydrogen-bond acceptors (Lipinski definition) is 6. The summed E-state index contributed by atoms with van der Waals surface area (Å²) in [5.41, 5.74) is -0.960. The van der Waals surface area contributed by atoms with Crippen LogP contribution in [0, 0.1) is 0 Å². The topological polar surface area (TPSA) is 132 Å². The number of benzene rings is 1. The van der Waals surface area contributed by atoms with Gasteiger partial charge in [-0.05, 0) is 30.3 Å². The molecule has 0 radical (unpaired) electrons. The molecular weight excluding hydrogens is 473 g/mol. The highest BCUT2D eigenvalue weighted by molar-refractivity contribution is 6.42. The van der Waals surface area contributed by atoms with E-state index in [1.807, 2.05) is 9.88 Å². The minimum Gasteiger partial charge on any atom is -0.467 e. The van der Waals surface area contributed by atoms with E-state index in [1.165, 1.54) is 11.2 Å². The second kappa shape index (κ2) is 9.55. The summed E-state index contributed by atoms with van der Waals surface area (Å²) in [6.45, 7) is 0.733. The summed E-state index contributed by atoms with van der Waals surface area (Å²) < 4.78 is 5.26. The minimum absolute atomic E-state index is 0.0118. The Morgan fingerprint density at radius 1 is 1.09 bits per heavy atom. The Kier molecular flexibility index (Phi) is 6.57. The van der Waals surface area contributed by atoms with Crippen LogP contribution in [0.4, 0.5) is 5.69 Å². The van der Waals surface area contributed by atoms with Crippen LogP contribution in [-0.2, 0) is 11.3 Å². The molecule has 3 heterocycles. The molecule has 3 N–H and O–H groups in total. The normalized spacial score (nSPS) is 16.0. The molecule has 0 bridgehead atoms. The molecule has 2 amide bonds. The van der Waals surface area contributed by atoms with Crippen molar-refractivity contribution in [2.24, 2.45) is 0 Å². The van der Waals surface area contributed by atoms with Crippen LogP contribution >= 0.6 is 23.2 Å². The van der Waals surface area contributed by atoms with Crippen LogP contribution in [0.2, 0.25) is 10.0 Å². The first-order valence-electron chi connectivity index (χ1n) is 9.96. The molecule has 0 saturated carbocycles. The van der Waals surface area contributed by atoms with E-state index >= 15 is 0 Å². The van der Waals surface area contributed by atoms with E-state index < -0.39 is 23.2 Å². The van der Waals surface area contributed by atoms with Gasteiger partial charge in [0.05, 0.1) is 29.4 Å². The third-order valence-electron chi connectivity index (χ3n) is 5.21. The van der Waals surface area contributed by atoms with Gasteiger partial charge in [-0.1, -0.05) is 23.2 Å². The van der Waals surface area contributed by atoms with Crippen molar-refractivity contribution >= 4 is 40.7 Å². The van der Waals surface area contributed by atoms with Crippen LogP contribution < -0.4 is 21.5 Å². The van der Waals surface area contributed by atoms with Crippen molar-refractivity contribution in [1.82, 2.24) is 20.2 Å². The molecule has 1 fully saturated rings. The van der Waals surface area contributed by atoms with Gasteiger partial charge in [0.15, 0.2) is 0 Å². The Bertz CT molecular complexity index is 1260. The number of carbonyl (C=O) groups excluding carboxylic acids is 2. The molecule has 1 aromatic carbocycles. The zero-order valence-corrected chi connectivity index (χ0v) is 18.7. The van der Waals surface area contributed by atoms with Crippen LogP contribution in [0.25, 0.3) is 0 Å². The predicted octanol–water partition coefficient (Wildman–Crippen LogP) is 1.61. The number of anilines is 1. The highest BCUT2D eigenvalue weighted by Crippen LogP contribution is 2.29. The fourth-order valence-electron chi connectivity index (χ4n) is 3.62. The van der Waals surface area contributed by atoms with Crippen LogP contribution in [0.15, 0.2) is 56.7 Å². The van der Waals surface area contributed by atoms with Crippen molar-refractivity contribution in [2.45, 2.75) is 12.6 Å². The molecular formula is C21H19Cl2N5O5. The van der Waals surface area contributed by atoms with Gasteiger partial charge in [-0.3, -0.25) is 19.4 Å². The highest BCUT2D eigenvalue weighted by atomic mass is 35.5. The number of aromatic nitrogens is 2. The minimum atomic E-state index is -0.784. The Hall–Kier alpha value is -3.50. The molecule has 1 atom stereocenters. The van der Waals surface area contributed by atoms with Crippen molar-refractivity contribution in [3.05, 3.63) is 85.0 Å². The summed E-state index contributed by atoms with van der Waals surface area (Å²) in [4.78, 5) is 56.9. The number of furan rings is 1. The molecule has 1 aliphatic rings. The smallest absolute Gasteiger partial charge is 0.326 e. The summed E-state index contributed by atoms with van der Waals surface area (Å²) in [6, 6.07) is 8.72. The Morgan fingerprint density at radius 2 is 1.91 bits per heavy atom. The maximum absolute atomic E-state index is 13.1. The maximum Gasteiger partial charge on any atom is 0.326 e. The lowest BCUT2D eigenvalue weighted by molar-refractivity contribution is -0.123. The van der Waals surface area contributed by atoms with Gasteiger partial charge in [-0.15, -0.1) is 0 Å². The number of aromatic amines is 2. The van der Waals surface area contributed by atoms with Crippen molar-refractivity contribution in [2.75, 3.05) is 24.5 Å². The number of nitrogens with one attached hydrogen (secondary N) is 3. The molecule has 10 nitrogen and oxygen atoms in total. The van der Waals surface area contributed by atoms with Crippen LogP contribution in [0.5, 0.6) is 0 Å². The second-order valence-corrected chi connectivity index (χ2v) is 8.17. The third kappa shape index (κ3) is 5.12. The highest BCUT2D eigenvalue weighted by Gasteiger charge is 2.35. The van der Waals surface area contributed by atoms with Crippen molar-refractivity contribution < 1.29 is 14.0 Å². The standard InChI is InChI=1S/C21H19Cl2N5O5/c22-14-4-3-12(8-15(14)23)28-6-5-27(20(31)16-9-18(29)26-21(32)25-16)11-17(28)19(30)24-10-13-2-1-7-33-13/h1-4,7-9,17H,5-6,10-11H2,(H,24,30)(H2,25,26,29,32). The lowest BCUT2D eigenvalue weighted by atomic mass is 10.1. The molecule has 0 spiro atoms. The van der Waals surface area contributed by atoms with Crippen LogP contribution in [0.3, 0.4) is 0 Å². The first kappa shape index (κ1) is 22.7. The fourth-order valence-corrected chi connectivity index (χ4v) is 3.92. The quantitative estimate of drug-likeness (QED) is 0.496. The summed E-state index contributed by atoms with van der Waals surface area (Å²) in [7, 11) is 0. The predicted molar refractivity (Wildman–Crippen MR) is 122 cm³/mol.